The second-order valence-electron chi connectivity index (χ2n) is 7.52. The maximum atomic E-state index is 12.7. The summed E-state index contributed by atoms with van der Waals surface area (Å²) in [5, 5.41) is 6.07. The zero-order valence-electron chi connectivity index (χ0n) is 17.5. The quantitative estimate of drug-likeness (QED) is 0.623. The Hall–Kier alpha value is -3.41. The second-order valence-corrected chi connectivity index (χ2v) is 7.52. The molecule has 1 amide bonds. The number of aromatic nitrogens is 2. The highest BCUT2D eigenvalue weighted by molar-refractivity contribution is 6.03. The molecule has 6 nitrogen and oxygen atoms in total. The van der Waals surface area contributed by atoms with Crippen molar-refractivity contribution in [1.82, 2.24) is 9.97 Å². The number of carbonyl (C=O) groups is 1. The molecule has 0 atom stereocenters. The molecule has 0 saturated carbocycles. The van der Waals surface area contributed by atoms with Gasteiger partial charge in [-0.3, -0.25) is 4.79 Å². The van der Waals surface area contributed by atoms with E-state index in [-0.39, 0.29) is 5.91 Å². The van der Waals surface area contributed by atoms with Crippen LogP contribution in [0.15, 0.2) is 54.6 Å². The molecule has 0 spiro atoms. The SMILES string of the molecule is Cc1cc(C(=O)Nc2ccc(N(C)C)cc2)nc(Nc2ccc(C(C)C)cc2)n1. The van der Waals surface area contributed by atoms with Crippen molar-refractivity contribution in [2.24, 2.45) is 0 Å². The van der Waals surface area contributed by atoms with E-state index in [1.165, 1.54) is 5.56 Å². The predicted octanol–water partition coefficient (Wildman–Crippen LogP) is 4.97. The van der Waals surface area contributed by atoms with Crippen molar-refractivity contribution < 1.29 is 4.79 Å². The Balaban J connectivity index is 1.74. The number of nitrogens with one attached hydrogen (secondary N) is 2. The van der Waals surface area contributed by atoms with Crippen LogP contribution in [0.25, 0.3) is 0 Å². The fourth-order valence-electron chi connectivity index (χ4n) is 2.86. The van der Waals surface area contributed by atoms with Crippen LogP contribution in [0.1, 0.15) is 41.5 Å². The number of amides is 1. The summed E-state index contributed by atoms with van der Waals surface area (Å²) in [6.07, 6.45) is 0. The molecule has 2 N–H and O–H groups in total. The van der Waals surface area contributed by atoms with Gasteiger partial charge in [0.2, 0.25) is 5.95 Å². The van der Waals surface area contributed by atoms with E-state index in [1.807, 2.05) is 62.3 Å². The number of anilines is 4. The molecule has 0 radical (unpaired) electrons. The van der Waals surface area contributed by atoms with Gasteiger partial charge in [-0.1, -0.05) is 26.0 Å². The van der Waals surface area contributed by atoms with Gasteiger partial charge in [-0.25, -0.2) is 9.97 Å². The van der Waals surface area contributed by atoms with Gasteiger partial charge in [0, 0.05) is 36.9 Å². The molecule has 29 heavy (non-hydrogen) atoms. The summed E-state index contributed by atoms with van der Waals surface area (Å²) >= 11 is 0. The Morgan fingerprint density at radius 3 is 2.14 bits per heavy atom. The number of carbonyl (C=O) groups excluding carboxylic acids is 1. The second kappa shape index (κ2) is 8.73. The topological polar surface area (TPSA) is 70.2 Å². The molecule has 0 saturated heterocycles. The van der Waals surface area contributed by atoms with E-state index in [4.69, 9.17) is 0 Å². The molecule has 3 aromatic rings. The van der Waals surface area contributed by atoms with Gasteiger partial charge in [-0.15, -0.1) is 0 Å². The third kappa shape index (κ3) is 5.31. The van der Waals surface area contributed by atoms with Gasteiger partial charge in [-0.2, -0.15) is 0 Å². The van der Waals surface area contributed by atoms with Crippen LogP contribution in [0.4, 0.5) is 23.0 Å². The molecule has 6 heteroatoms. The Morgan fingerprint density at radius 2 is 1.55 bits per heavy atom. The van der Waals surface area contributed by atoms with Crippen LogP contribution >= 0.6 is 0 Å². The number of hydrogen-bond donors (Lipinski definition) is 2. The Morgan fingerprint density at radius 1 is 0.931 bits per heavy atom. The average molecular weight is 390 g/mol. The molecule has 3 rings (SSSR count). The van der Waals surface area contributed by atoms with Gasteiger partial charge in [0.1, 0.15) is 5.69 Å². The van der Waals surface area contributed by atoms with Gasteiger partial charge >= 0.3 is 0 Å². The molecule has 0 fully saturated rings. The Kier molecular flexibility index (Phi) is 6.12. The largest absolute Gasteiger partial charge is 0.378 e. The zero-order valence-corrected chi connectivity index (χ0v) is 17.5. The Labute approximate surface area is 172 Å². The summed E-state index contributed by atoms with van der Waals surface area (Å²) in [6, 6.07) is 17.5. The predicted molar refractivity (Wildman–Crippen MR) is 119 cm³/mol. The van der Waals surface area contributed by atoms with Crippen LogP contribution in [-0.2, 0) is 0 Å². The minimum Gasteiger partial charge on any atom is -0.378 e. The van der Waals surface area contributed by atoms with E-state index < -0.39 is 0 Å². The first-order valence-electron chi connectivity index (χ1n) is 9.63. The fourth-order valence-corrected chi connectivity index (χ4v) is 2.86. The minimum atomic E-state index is -0.272. The molecule has 0 aliphatic carbocycles. The van der Waals surface area contributed by atoms with Crippen molar-refractivity contribution in [2.45, 2.75) is 26.7 Å². The van der Waals surface area contributed by atoms with Gasteiger partial charge in [0.15, 0.2) is 0 Å². The first-order valence-corrected chi connectivity index (χ1v) is 9.63. The van der Waals surface area contributed by atoms with Crippen LogP contribution in [0, 0.1) is 6.92 Å². The molecule has 0 aliphatic heterocycles. The summed E-state index contributed by atoms with van der Waals surface area (Å²) in [7, 11) is 3.95. The third-order valence-corrected chi connectivity index (χ3v) is 4.56. The summed E-state index contributed by atoms with van der Waals surface area (Å²) in [5.74, 6) is 0.600. The summed E-state index contributed by atoms with van der Waals surface area (Å²) in [4.78, 5) is 23.5. The van der Waals surface area contributed by atoms with Crippen LogP contribution in [0.5, 0.6) is 0 Å². The fraction of sp³-hybridized carbons (Fsp3) is 0.261. The molecular weight excluding hydrogens is 362 g/mol. The van der Waals surface area contributed by atoms with Crippen LogP contribution < -0.4 is 15.5 Å². The van der Waals surface area contributed by atoms with E-state index in [0.29, 0.717) is 17.6 Å². The molecule has 0 aliphatic rings. The van der Waals surface area contributed by atoms with Gasteiger partial charge in [-0.05, 0) is 60.9 Å². The smallest absolute Gasteiger partial charge is 0.274 e. The lowest BCUT2D eigenvalue weighted by Crippen LogP contribution is -2.16. The van der Waals surface area contributed by atoms with Crippen molar-refractivity contribution >= 4 is 28.9 Å². The number of nitrogens with zero attached hydrogens (tertiary/aromatic N) is 3. The van der Waals surface area contributed by atoms with Crippen molar-refractivity contribution in [2.75, 3.05) is 29.6 Å². The molecule has 150 valence electrons. The highest BCUT2D eigenvalue weighted by atomic mass is 16.1. The zero-order chi connectivity index (χ0) is 21.0. The van der Waals surface area contributed by atoms with Crippen LogP contribution in [-0.4, -0.2) is 30.0 Å². The molecule has 0 bridgehead atoms. The highest BCUT2D eigenvalue weighted by Crippen LogP contribution is 2.20. The maximum absolute atomic E-state index is 12.7. The number of rotatable bonds is 6. The van der Waals surface area contributed by atoms with Crippen molar-refractivity contribution in [3.05, 3.63) is 71.5 Å². The summed E-state index contributed by atoms with van der Waals surface area (Å²) < 4.78 is 0. The first kappa shape index (κ1) is 20.3. The van der Waals surface area contributed by atoms with Crippen molar-refractivity contribution in [1.29, 1.82) is 0 Å². The minimum absolute atomic E-state index is 0.272. The third-order valence-electron chi connectivity index (χ3n) is 4.56. The maximum Gasteiger partial charge on any atom is 0.274 e. The molecular formula is C23H27N5O. The Bertz CT molecular complexity index is 979. The van der Waals surface area contributed by atoms with E-state index >= 15 is 0 Å². The monoisotopic (exact) mass is 389 g/mol. The molecule has 2 aromatic carbocycles. The normalized spacial score (nSPS) is 10.7. The van der Waals surface area contributed by atoms with Crippen LogP contribution in [0.2, 0.25) is 0 Å². The summed E-state index contributed by atoms with van der Waals surface area (Å²) in [6.45, 7) is 6.16. The van der Waals surface area contributed by atoms with Gasteiger partial charge in [0.05, 0.1) is 0 Å². The van der Waals surface area contributed by atoms with Crippen molar-refractivity contribution in [3.63, 3.8) is 0 Å². The molecule has 1 heterocycles. The lowest BCUT2D eigenvalue weighted by molar-refractivity contribution is 0.102. The molecule has 1 aromatic heterocycles. The summed E-state index contributed by atoms with van der Waals surface area (Å²) in [5.41, 5.74) is 4.96. The lowest BCUT2D eigenvalue weighted by Gasteiger charge is -2.13. The van der Waals surface area contributed by atoms with E-state index in [0.717, 1.165) is 22.8 Å². The standard InChI is InChI=1S/C23H27N5O/c1-15(2)17-6-8-19(9-7-17)26-23-24-16(3)14-21(27-23)22(29)25-18-10-12-20(13-11-18)28(4)5/h6-15H,1-5H3,(H,25,29)(H,24,26,27). The first-order chi connectivity index (χ1) is 13.8. The highest BCUT2D eigenvalue weighted by Gasteiger charge is 2.12. The lowest BCUT2D eigenvalue weighted by atomic mass is 10.0. The van der Waals surface area contributed by atoms with E-state index in [1.54, 1.807) is 6.07 Å². The number of aryl methyl sites for hydroxylation is 1. The average Bonchev–Trinajstić information content (AvgIpc) is 2.68. The number of benzene rings is 2. The van der Waals surface area contributed by atoms with E-state index in [2.05, 4.69) is 46.6 Å². The number of hydrogen-bond acceptors (Lipinski definition) is 5. The van der Waals surface area contributed by atoms with Gasteiger partial charge < -0.3 is 15.5 Å². The molecule has 0 unspecified atom stereocenters. The van der Waals surface area contributed by atoms with Gasteiger partial charge in [0.25, 0.3) is 5.91 Å². The van der Waals surface area contributed by atoms with E-state index in [9.17, 15) is 4.79 Å². The van der Waals surface area contributed by atoms with Crippen LogP contribution in [0.3, 0.4) is 0 Å². The van der Waals surface area contributed by atoms with Crippen molar-refractivity contribution in [3.8, 4) is 0 Å².